The number of benzene rings is 1. The van der Waals surface area contributed by atoms with Gasteiger partial charge in [0.15, 0.2) is 5.11 Å². The van der Waals surface area contributed by atoms with Crippen molar-refractivity contribution in [1.82, 2.24) is 5.32 Å². The molecular weight excluding hydrogens is 328 g/mol. The van der Waals surface area contributed by atoms with Gasteiger partial charge < -0.3 is 20.1 Å². The molecule has 0 aliphatic heterocycles. The van der Waals surface area contributed by atoms with Crippen LogP contribution in [0.2, 0.25) is 0 Å². The lowest BCUT2D eigenvalue weighted by atomic mass is 9.96. The van der Waals surface area contributed by atoms with Crippen molar-refractivity contribution in [2.45, 2.75) is 38.1 Å². The number of nitrogens with one attached hydrogen (secondary N) is 2. The topological polar surface area (TPSA) is 76.7 Å². The summed E-state index contributed by atoms with van der Waals surface area (Å²) in [6.07, 6.45) is 5.85. The van der Waals surface area contributed by atoms with Crippen LogP contribution in [0.25, 0.3) is 0 Å². The molecule has 0 bridgehead atoms. The first-order valence-electron chi connectivity index (χ1n) is 7.92. The third kappa shape index (κ3) is 4.92. The Morgan fingerprint density at radius 1 is 1.00 bits per heavy atom. The van der Waals surface area contributed by atoms with E-state index in [0.29, 0.717) is 16.8 Å². The van der Waals surface area contributed by atoms with Gasteiger partial charge in [0.1, 0.15) is 0 Å². The van der Waals surface area contributed by atoms with E-state index in [4.69, 9.17) is 21.7 Å². The predicted octanol–water partition coefficient (Wildman–Crippen LogP) is 2.88. The molecule has 0 unspecified atom stereocenters. The number of ether oxygens (including phenoxy) is 2. The Labute approximate surface area is 146 Å². The molecule has 1 aromatic carbocycles. The van der Waals surface area contributed by atoms with Crippen LogP contribution >= 0.6 is 12.2 Å². The van der Waals surface area contributed by atoms with Crippen LogP contribution in [-0.2, 0) is 9.47 Å². The Bertz CT molecular complexity index is 593. The maximum absolute atomic E-state index is 11.8. The molecule has 2 rings (SSSR count). The third-order valence-corrected chi connectivity index (χ3v) is 4.19. The molecule has 130 valence electrons. The fraction of sp³-hybridized carbons (Fsp3) is 0.471. The Morgan fingerprint density at radius 3 is 2.04 bits per heavy atom. The number of anilines is 1. The molecule has 0 aromatic heterocycles. The van der Waals surface area contributed by atoms with Crippen LogP contribution in [0.4, 0.5) is 5.69 Å². The van der Waals surface area contributed by atoms with E-state index in [1.165, 1.54) is 39.5 Å². The van der Waals surface area contributed by atoms with Crippen LogP contribution in [0.5, 0.6) is 0 Å². The first kappa shape index (κ1) is 18.2. The van der Waals surface area contributed by atoms with Gasteiger partial charge in [-0.15, -0.1) is 0 Å². The molecule has 2 N–H and O–H groups in total. The Balaban J connectivity index is 2.13. The second kappa shape index (κ2) is 8.63. The van der Waals surface area contributed by atoms with Crippen molar-refractivity contribution in [3.63, 3.8) is 0 Å². The van der Waals surface area contributed by atoms with Gasteiger partial charge in [0.25, 0.3) is 0 Å². The van der Waals surface area contributed by atoms with Crippen molar-refractivity contribution in [1.29, 1.82) is 0 Å². The Hall–Kier alpha value is -2.15. The minimum Gasteiger partial charge on any atom is -0.465 e. The molecule has 7 heteroatoms. The van der Waals surface area contributed by atoms with E-state index in [1.54, 1.807) is 12.1 Å². The zero-order chi connectivity index (χ0) is 17.5. The normalized spacial score (nSPS) is 14.6. The van der Waals surface area contributed by atoms with Crippen LogP contribution in [-0.4, -0.2) is 37.3 Å². The van der Waals surface area contributed by atoms with E-state index in [9.17, 15) is 9.59 Å². The smallest absolute Gasteiger partial charge is 0.337 e. The summed E-state index contributed by atoms with van der Waals surface area (Å²) in [7, 11) is 2.57. The van der Waals surface area contributed by atoms with Crippen LogP contribution < -0.4 is 10.6 Å². The van der Waals surface area contributed by atoms with Crippen molar-refractivity contribution >= 4 is 35.0 Å². The molecule has 0 heterocycles. The van der Waals surface area contributed by atoms with E-state index in [2.05, 4.69) is 10.6 Å². The van der Waals surface area contributed by atoms with Crippen molar-refractivity contribution in [3.05, 3.63) is 29.3 Å². The molecule has 6 nitrogen and oxygen atoms in total. The molecule has 0 saturated heterocycles. The van der Waals surface area contributed by atoms with Crippen LogP contribution in [0, 0.1) is 0 Å². The highest BCUT2D eigenvalue weighted by Gasteiger charge is 2.16. The summed E-state index contributed by atoms with van der Waals surface area (Å²) in [5.74, 6) is -1.06. The van der Waals surface area contributed by atoms with E-state index in [-0.39, 0.29) is 11.1 Å². The first-order valence-corrected chi connectivity index (χ1v) is 8.33. The standard InChI is InChI=1S/C17H22N2O4S/c1-22-15(20)11-8-12(16(21)23-2)10-14(9-11)19-17(24)18-13-6-4-3-5-7-13/h8-10,13H,3-7H2,1-2H3,(H2,18,19,24). The number of methoxy groups -OCH3 is 2. The van der Waals surface area contributed by atoms with Crippen molar-refractivity contribution in [3.8, 4) is 0 Å². The minimum absolute atomic E-state index is 0.253. The molecule has 0 atom stereocenters. The monoisotopic (exact) mass is 350 g/mol. The Kier molecular flexibility index (Phi) is 6.54. The van der Waals surface area contributed by atoms with E-state index in [0.717, 1.165) is 12.8 Å². The minimum atomic E-state index is -0.532. The lowest BCUT2D eigenvalue weighted by molar-refractivity contribution is 0.0599. The quantitative estimate of drug-likeness (QED) is 0.639. The number of thiocarbonyl (C=S) groups is 1. The maximum atomic E-state index is 11.8. The number of carbonyl (C=O) groups is 2. The van der Waals surface area contributed by atoms with Crippen LogP contribution in [0.3, 0.4) is 0 Å². The number of rotatable bonds is 4. The Morgan fingerprint density at radius 2 is 1.54 bits per heavy atom. The molecule has 0 spiro atoms. The van der Waals surface area contributed by atoms with Gasteiger partial charge in [-0.3, -0.25) is 0 Å². The molecule has 1 saturated carbocycles. The van der Waals surface area contributed by atoms with Gasteiger partial charge in [-0.05, 0) is 43.3 Å². The highest BCUT2D eigenvalue weighted by molar-refractivity contribution is 7.80. The summed E-state index contributed by atoms with van der Waals surface area (Å²) in [5, 5.41) is 6.79. The molecule has 1 aliphatic carbocycles. The van der Waals surface area contributed by atoms with Gasteiger partial charge in [0, 0.05) is 11.7 Å². The summed E-state index contributed by atoms with van der Waals surface area (Å²) < 4.78 is 9.44. The zero-order valence-corrected chi connectivity index (χ0v) is 14.7. The molecule has 0 radical (unpaired) electrons. The first-order chi connectivity index (χ1) is 11.5. The van der Waals surface area contributed by atoms with Gasteiger partial charge in [-0.25, -0.2) is 9.59 Å². The second-order valence-electron chi connectivity index (χ2n) is 5.72. The fourth-order valence-corrected chi connectivity index (χ4v) is 3.06. The summed E-state index contributed by atoms with van der Waals surface area (Å²) >= 11 is 5.34. The summed E-state index contributed by atoms with van der Waals surface area (Å²) in [4.78, 5) is 23.6. The van der Waals surface area contributed by atoms with Gasteiger partial charge in [-0.2, -0.15) is 0 Å². The van der Waals surface area contributed by atoms with Gasteiger partial charge in [0.05, 0.1) is 25.3 Å². The van der Waals surface area contributed by atoms with Crippen LogP contribution in [0.15, 0.2) is 18.2 Å². The average molecular weight is 350 g/mol. The summed E-state index contributed by atoms with van der Waals surface area (Å²) in [5.41, 5.74) is 1.04. The van der Waals surface area contributed by atoms with Gasteiger partial charge in [0.2, 0.25) is 0 Å². The third-order valence-electron chi connectivity index (χ3n) is 3.97. The van der Waals surface area contributed by atoms with Crippen molar-refractivity contribution in [2.75, 3.05) is 19.5 Å². The predicted molar refractivity (Wildman–Crippen MR) is 95.4 cm³/mol. The second-order valence-corrected chi connectivity index (χ2v) is 6.12. The van der Waals surface area contributed by atoms with E-state index >= 15 is 0 Å². The largest absolute Gasteiger partial charge is 0.465 e. The van der Waals surface area contributed by atoms with Crippen molar-refractivity contribution in [2.24, 2.45) is 0 Å². The average Bonchev–Trinajstić information content (AvgIpc) is 2.60. The maximum Gasteiger partial charge on any atom is 0.337 e. The van der Waals surface area contributed by atoms with Gasteiger partial charge in [-0.1, -0.05) is 19.3 Å². The van der Waals surface area contributed by atoms with Crippen LogP contribution in [0.1, 0.15) is 52.8 Å². The van der Waals surface area contributed by atoms with Crippen molar-refractivity contribution < 1.29 is 19.1 Å². The molecule has 1 aliphatic rings. The number of hydrogen-bond donors (Lipinski definition) is 2. The summed E-state index contributed by atoms with van der Waals surface area (Å²) in [6, 6.07) is 4.98. The van der Waals surface area contributed by atoms with E-state index in [1.807, 2.05) is 0 Å². The fourth-order valence-electron chi connectivity index (χ4n) is 2.77. The van der Waals surface area contributed by atoms with E-state index < -0.39 is 11.9 Å². The number of hydrogen-bond acceptors (Lipinski definition) is 5. The molecule has 24 heavy (non-hydrogen) atoms. The molecule has 0 amide bonds. The highest BCUT2D eigenvalue weighted by Crippen LogP contribution is 2.19. The molecule has 1 fully saturated rings. The number of carbonyl (C=O) groups excluding carboxylic acids is 2. The lowest BCUT2D eigenvalue weighted by Crippen LogP contribution is -2.38. The summed E-state index contributed by atoms with van der Waals surface area (Å²) in [6.45, 7) is 0. The highest BCUT2D eigenvalue weighted by atomic mass is 32.1. The molecular formula is C17H22N2O4S. The zero-order valence-electron chi connectivity index (χ0n) is 13.9. The lowest BCUT2D eigenvalue weighted by Gasteiger charge is -2.24. The molecule has 1 aromatic rings. The number of esters is 2. The van der Waals surface area contributed by atoms with Gasteiger partial charge >= 0.3 is 11.9 Å². The SMILES string of the molecule is COC(=O)c1cc(NC(=S)NC2CCCCC2)cc(C(=O)OC)c1.